The van der Waals surface area contributed by atoms with E-state index in [4.69, 9.17) is 4.89 Å². The minimum atomic E-state index is -2.24. The molecule has 0 radical (unpaired) electrons. The fourth-order valence-corrected chi connectivity index (χ4v) is 1.80. The summed E-state index contributed by atoms with van der Waals surface area (Å²) in [6.07, 6.45) is 3.33. The van der Waals surface area contributed by atoms with E-state index in [1.807, 2.05) is 18.2 Å². The van der Waals surface area contributed by atoms with E-state index in [2.05, 4.69) is 12.1 Å². The van der Waals surface area contributed by atoms with Crippen LogP contribution in [0, 0.1) is 0 Å². The first-order valence-corrected chi connectivity index (χ1v) is 6.11. The molecule has 1 N–H and O–H groups in total. The fraction of sp³-hybridized carbons (Fsp3) is 0.400. The number of hydrogen-bond acceptors (Lipinski definition) is 1. The molecule has 1 aromatic carbocycles. The van der Waals surface area contributed by atoms with Crippen LogP contribution in [0.5, 0.6) is 0 Å². The van der Waals surface area contributed by atoms with Crippen LogP contribution in [0.4, 0.5) is 0 Å². The Kier molecular flexibility index (Phi) is 8.23. The van der Waals surface area contributed by atoms with Gasteiger partial charge in [0.1, 0.15) is 0 Å². The smallest absolute Gasteiger partial charge is 0.189 e. The van der Waals surface area contributed by atoms with Gasteiger partial charge in [-0.1, -0.05) is 30.3 Å². The molecule has 0 spiro atoms. The molecule has 2 nitrogen and oxygen atoms in total. The van der Waals surface area contributed by atoms with E-state index < -0.39 is 8.03 Å². The van der Waals surface area contributed by atoms with Crippen LogP contribution >= 0.6 is 8.03 Å². The molecular weight excluding hydrogens is 210 g/mol. The van der Waals surface area contributed by atoms with Crippen LogP contribution in [0.1, 0.15) is 18.4 Å². The van der Waals surface area contributed by atoms with Gasteiger partial charge in [0, 0.05) is 6.16 Å². The lowest BCUT2D eigenvalue weighted by molar-refractivity contribution is 0.500. The summed E-state index contributed by atoms with van der Waals surface area (Å²) in [5.41, 5.74) is 1.31. The summed E-state index contributed by atoms with van der Waals surface area (Å²) in [4.78, 5) is 8.60. The molecule has 1 unspecified atom stereocenters. The third-order valence-electron chi connectivity index (χ3n) is 1.95. The van der Waals surface area contributed by atoms with Gasteiger partial charge in [0.25, 0.3) is 0 Å². The molecule has 14 heavy (non-hydrogen) atoms. The summed E-state index contributed by atoms with van der Waals surface area (Å²) in [7, 11) is -2.24. The van der Waals surface area contributed by atoms with Gasteiger partial charge in [-0.2, -0.15) is 0 Å². The molecule has 0 aliphatic carbocycles. The van der Waals surface area contributed by atoms with Crippen molar-refractivity contribution in [3.8, 4) is 0 Å². The van der Waals surface area contributed by atoms with Gasteiger partial charge >= 0.3 is 0 Å². The lowest BCUT2D eigenvalue weighted by atomic mass is 10.1. The molecule has 78 valence electrons. The van der Waals surface area contributed by atoms with Crippen molar-refractivity contribution in [1.29, 1.82) is 0 Å². The molecule has 0 saturated heterocycles. The van der Waals surface area contributed by atoms with Gasteiger partial charge in [-0.3, -0.25) is 4.57 Å². The molecule has 0 bridgehead atoms. The zero-order valence-corrected chi connectivity index (χ0v) is 8.57. The van der Waals surface area contributed by atoms with Crippen molar-refractivity contribution in [3.63, 3.8) is 0 Å². The molecule has 0 saturated carbocycles. The maximum absolute atomic E-state index is 10.4. The number of unbranched alkanes of at least 4 members (excludes halogenated alkanes) is 1. The first-order valence-electron chi connectivity index (χ1n) is 4.55. The van der Waals surface area contributed by atoms with Gasteiger partial charge in [0.05, 0.1) is 0 Å². The highest BCUT2D eigenvalue weighted by atomic mass is 31.1. The number of hydrogen-bond donors (Lipinski definition) is 1. The van der Waals surface area contributed by atoms with E-state index in [0.717, 1.165) is 19.3 Å². The molecule has 1 atom stereocenters. The average Bonchev–Trinajstić information content (AvgIpc) is 2.14. The second-order valence-electron chi connectivity index (χ2n) is 3.09. The van der Waals surface area contributed by atoms with Gasteiger partial charge < -0.3 is 4.89 Å². The van der Waals surface area contributed by atoms with Crippen LogP contribution < -0.4 is 0 Å². The lowest BCUT2D eigenvalue weighted by Gasteiger charge is -1.99. The Bertz CT molecular complexity index is 264. The van der Waals surface area contributed by atoms with E-state index in [9.17, 15) is 4.57 Å². The summed E-state index contributed by atoms with van der Waals surface area (Å²) < 4.78 is 10.4. The molecule has 0 aliphatic heterocycles. The lowest BCUT2D eigenvalue weighted by Crippen LogP contribution is -1.86. The number of benzene rings is 1. The molecule has 0 aliphatic rings. The Morgan fingerprint density at radius 1 is 1.14 bits per heavy atom. The number of rotatable bonds is 5. The van der Waals surface area contributed by atoms with Crippen LogP contribution in [-0.4, -0.2) is 28.4 Å². The Morgan fingerprint density at radius 3 is 2.36 bits per heavy atom. The first-order chi connectivity index (χ1) is 6.29. The normalized spacial score (nSPS) is 11.8. The second kappa shape index (κ2) is 8.27. The van der Waals surface area contributed by atoms with Gasteiger partial charge in [-0.25, -0.2) is 0 Å². The minimum Gasteiger partial charge on any atom is -0.346 e. The molecule has 1 aromatic rings. The zero-order chi connectivity index (χ0) is 9.52. The zero-order valence-electron chi connectivity index (χ0n) is 7.57. The predicted octanol–water partition coefficient (Wildman–Crippen LogP) is 1.29. The maximum atomic E-state index is 10.4. The van der Waals surface area contributed by atoms with Crippen molar-refractivity contribution >= 4 is 25.4 Å². The molecule has 0 fully saturated rings. The van der Waals surface area contributed by atoms with Crippen molar-refractivity contribution in [1.82, 2.24) is 0 Å². The Labute approximate surface area is 96.4 Å². The monoisotopic (exact) mass is 228 g/mol. The standard InChI is InChI=1S/C10H15O2P.Al.3H/c11-13(12)9-5-4-8-10-6-2-1-3-7-10;;;;/h1-3,6-7,13H,4-5,8-9H2,(H,11,12);;;;. The van der Waals surface area contributed by atoms with Crippen LogP contribution in [0.2, 0.25) is 0 Å². The van der Waals surface area contributed by atoms with Crippen molar-refractivity contribution in [2.75, 3.05) is 6.16 Å². The third-order valence-corrected chi connectivity index (χ3v) is 2.73. The molecule has 0 amide bonds. The number of aryl methyl sites for hydroxylation is 1. The molecule has 4 heteroatoms. The quantitative estimate of drug-likeness (QED) is 0.468. The van der Waals surface area contributed by atoms with Crippen molar-refractivity contribution in [2.24, 2.45) is 0 Å². The molecule has 1 rings (SSSR count). The average molecular weight is 228 g/mol. The molecule has 0 heterocycles. The van der Waals surface area contributed by atoms with Gasteiger partial charge in [-0.15, -0.1) is 0 Å². The fourth-order valence-electron chi connectivity index (χ4n) is 1.25. The van der Waals surface area contributed by atoms with Crippen LogP contribution in [0.25, 0.3) is 0 Å². The van der Waals surface area contributed by atoms with Crippen LogP contribution in [0.3, 0.4) is 0 Å². The Balaban J connectivity index is 0.00000169. The van der Waals surface area contributed by atoms with Gasteiger partial charge in [0.15, 0.2) is 25.4 Å². The first kappa shape index (κ1) is 13.9. The van der Waals surface area contributed by atoms with E-state index >= 15 is 0 Å². The minimum absolute atomic E-state index is 0. The topological polar surface area (TPSA) is 37.3 Å². The van der Waals surface area contributed by atoms with E-state index in [1.54, 1.807) is 0 Å². The van der Waals surface area contributed by atoms with Crippen molar-refractivity contribution in [2.45, 2.75) is 19.3 Å². The third kappa shape index (κ3) is 6.40. The Morgan fingerprint density at radius 2 is 1.79 bits per heavy atom. The molecule has 0 aromatic heterocycles. The highest BCUT2D eigenvalue weighted by Crippen LogP contribution is 2.16. The van der Waals surface area contributed by atoms with Gasteiger partial charge in [-0.05, 0) is 24.8 Å². The summed E-state index contributed by atoms with van der Waals surface area (Å²) in [5, 5.41) is 0. The summed E-state index contributed by atoms with van der Waals surface area (Å²) in [5.74, 6) is 0. The Hall–Kier alpha value is -0.0575. The summed E-state index contributed by atoms with van der Waals surface area (Å²) in [6, 6.07) is 10.2. The van der Waals surface area contributed by atoms with E-state index in [-0.39, 0.29) is 17.4 Å². The highest BCUT2D eigenvalue weighted by molar-refractivity contribution is 7.37. The summed E-state index contributed by atoms with van der Waals surface area (Å²) >= 11 is 0. The SMILES string of the molecule is O=[PH](O)CCCCc1ccccc1.[AlH3]. The van der Waals surface area contributed by atoms with Crippen molar-refractivity contribution in [3.05, 3.63) is 35.9 Å². The molecular formula is C10H18AlO2P. The van der Waals surface area contributed by atoms with Crippen molar-refractivity contribution < 1.29 is 9.46 Å². The second-order valence-corrected chi connectivity index (χ2v) is 4.37. The maximum Gasteiger partial charge on any atom is 0.189 e. The highest BCUT2D eigenvalue weighted by Gasteiger charge is 1.94. The predicted molar refractivity (Wildman–Crippen MR) is 65.4 cm³/mol. The van der Waals surface area contributed by atoms with Crippen LogP contribution in [-0.2, 0) is 11.0 Å². The van der Waals surface area contributed by atoms with E-state index in [0.29, 0.717) is 6.16 Å². The van der Waals surface area contributed by atoms with Crippen LogP contribution in [0.15, 0.2) is 30.3 Å². The largest absolute Gasteiger partial charge is 0.346 e. The van der Waals surface area contributed by atoms with E-state index in [1.165, 1.54) is 5.56 Å². The van der Waals surface area contributed by atoms with Gasteiger partial charge in [0.2, 0.25) is 0 Å². The summed E-state index contributed by atoms with van der Waals surface area (Å²) in [6.45, 7) is 0.